The van der Waals surface area contributed by atoms with E-state index in [1.54, 1.807) is 0 Å². The third-order valence-corrected chi connectivity index (χ3v) is 2.29. The van der Waals surface area contributed by atoms with Gasteiger partial charge in [-0.2, -0.15) is 0 Å². The first kappa shape index (κ1) is 9.71. The summed E-state index contributed by atoms with van der Waals surface area (Å²) in [6, 6.07) is 1.95. The van der Waals surface area contributed by atoms with Crippen molar-refractivity contribution in [3.63, 3.8) is 0 Å². The summed E-state index contributed by atoms with van der Waals surface area (Å²) in [5.74, 6) is 0.540. The molecule has 0 spiro atoms. The number of fused-ring (bicyclic) bond motifs is 1. The Bertz CT molecular complexity index is 484. The fourth-order valence-electron chi connectivity index (χ4n) is 1.53. The molecule has 78 valence electrons. The summed E-state index contributed by atoms with van der Waals surface area (Å²) in [7, 11) is 0. The van der Waals surface area contributed by atoms with Crippen molar-refractivity contribution in [1.29, 1.82) is 0 Å². The normalized spacial score (nSPS) is 11.5. The molecule has 0 aliphatic heterocycles. The molecule has 0 bridgehead atoms. The number of anilines is 1. The van der Waals surface area contributed by atoms with Crippen LogP contribution < -0.4 is 5.73 Å². The van der Waals surface area contributed by atoms with E-state index in [1.165, 1.54) is 6.33 Å². The van der Waals surface area contributed by atoms with Gasteiger partial charge in [-0.05, 0) is 12.5 Å². The fourth-order valence-corrected chi connectivity index (χ4v) is 1.53. The van der Waals surface area contributed by atoms with Crippen LogP contribution in [0, 0.1) is 0 Å². The van der Waals surface area contributed by atoms with Crippen molar-refractivity contribution < 1.29 is 0 Å². The Morgan fingerprint density at radius 3 is 3.07 bits per heavy atom. The summed E-state index contributed by atoms with van der Waals surface area (Å²) in [6.07, 6.45) is 8.79. The molecular formula is C11H14N4. The molecule has 4 nitrogen and oxygen atoms in total. The van der Waals surface area contributed by atoms with E-state index < -0.39 is 0 Å². The Kier molecular flexibility index (Phi) is 2.67. The minimum Gasteiger partial charge on any atom is -0.383 e. The van der Waals surface area contributed by atoms with Crippen molar-refractivity contribution in [2.45, 2.75) is 19.9 Å². The zero-order chi connectivity index (χ0) is 10.7. The highest BCUT2D eigenvalue weighted by Crippen LogP contribution is 2.17. The highest BCUT2D eigenvalue weighted by atomic mass is 15.1. The predicted molar refractivity (Wildman–Crippen MR) is 61.4 cm³/mol. The average Bonchev–Trinajstić information content (AvgIpc) is 2.64. The van der Waals surface area contributed by atoms with Gasteiger partial charge < -0.3 is 10.3 Å². The Hall–Kier alpha value is -1.84. The molecule has 0 aromatic carbocycles. The second kappa shape index (κ2) is 4.13. The molecule has 0 aliphatic carbocycles. The summed E-state index contributed by atoms with van der Waals surface area (Å²) >= 11 is 0. The van der Waals surface area contributed by atoms with E-state index in [0.29, 0.717) is 5.82 Å². The number of hydrogen-bond donors (Lipinski definition) is 1. The SMILES string of the molecule is CC/C=C/Cn1ccc2c(N)ncnc21. The van der Waals surface area contributed by atoms with E-state index >= 15 is 0 Å². The van der Waals surface area contributed by atoms with E-state index in [4.69, 9.17) is 5.73 Å². The van der Waals surface area contributed by atoms with Crippen LogP contribution in [0.5, 0.6) is 0 Å². The zero-order valence-corrected chi connectivity index (χ0v) is 8.72. The first-order valence-corrected chi connectivity index (χ1v) is 5.03. The second-order valence-corrected chi connectivity index (χ2v) is 3.34. The van der Waals surface area contributed by atoms with E-state index in [9.17, 15) is 0 Å². The van der Waals surface area contributed by atoms with Gasteiger partial charge in [0.25, 0.3) is 0 Å². The van der Waals surface area contributed by atoms with Crippen molar-refractivity contribution in [2.24, 2.45) is 0 Å². The first-order chi connectivity index (χ1) is 7.33. The molecule has 0 unspecified atom stereocenters. The predicted octanol–water partition coefficient (Wildman–Crippen LogP) is 1.98. The zero-order valence-electron chi connectivity index (χ0n) is 8.72. The Morgan fingerprint density at radius 1 is 1.40 bits per heavy atom. The Morgan fingerprint density at radius 2 is 2.27 bits per heavy atom. The Labute approximate surface area is 88.4 Å². The van der Waals surface area contributed by atoms with Crippen molar-refractivity contribution in [1.82, 2.24) is 14.5 Å². The average molecular weight is 202 g/mol. The molecule has 0 amide bonds. The lowest BCUT2D eigenvalue weighted by molar-refractivity contribution is 0.844. The minimum absolute atomic E-state index is 0.540. The van der Waals surface area contributed by atoms with Crippen molar-refractivity contribution in [2.75, 3.05) is 5.73 Å². The van der Waals surface area contributed by atoms with E-state index in [0.717, 1.165) is 24.0 Å². The number of aromatic nitrogens is 3. The fraction of sp³-hybridized carbons (Fsp3) is 0.273. The number of rotatable bonds is 3. The summed E-state index contributed by atoms with van der Waals surface area (Å²) in [5, 5.41) is 0.919. The monoisotopic (exact) mass is 202 g/mol. The molecule has 2 rings (SSSR count). The van der Waals surface area contributed by atoms with Crippen molar-refractivity contribution >= 4 is 16.9 Å². The largest absolute Gasteiger partial charge is 0.383 e. The maximum atomic E-state index is 5.74. The number of nitrogens with two attached hydrogens (primary N) is 1. The van der Waals surface area contributed by atoms with Crippen LogP contribution in [0.15, 0.2) is 30.7 Å². The van der Waals surface area contributed by atoms with Gasteiger partial charge in [0.05, 0.1) is 5.39 Å². The van der Waals surface area contributed by atoms with Gasteiger partial charge in [0.2, 0.25) is 0 Å². The molecular weight excluding hydrogens is 188 g/mol. The van der Waals surface area contributed by atoms with E-state index in [2.05, 4.69) is 33.6 Å². The van der Waals surface area contributed by atoms with Crippen molar-refractivity contribution in [3.8, 4) is 0 Å². The lowest BCUT2D eigenvalue weighted by atomic mass is 10.4. The molecule has 0 radical (unpaired) electrons. The standard InChI is InChI=1S/C11H14N4/c1-2-3-4-6-15-7-5-9-10(12)13-8-14-11(9)15/h3-5,7-8H,2,6H2,1H3,(H2,12,13,14)/b4-3+. The topological polar surface area (TPSA) is 56.7 Å². The van der Waals surface area contributed by atoms with Gasteiger partial charge in [0, 0.05) is 12.7 Å². The quantitative estimate of drug-likeness (QED) is 0.774. The van der Waals surface area contributed by atoms with Gasteiger partial charge in [-0.3, -0.25) is 0 Å². The third-order valence-electron chi connectivity index (χ3n) is 2.29. The van der Waals surface area contributed by atoms with Gasteiger partial charge in [-0.1, -0.05) is 19.1 Å². The number of nitrogens with zero attached hydrogens (tertiary/aromatic N) is 3. The van der Waals surface area contributed by atoms with Crippen LogP contribution in [0.4, 0.5) is 5.82 Å². The van der Waals surface area contributed by atoms with Gasteiger partial charge in [-0.25, -0.2) is 9.97 Å². The first-order valence-electron chi connectivity index (χ1n) is 5.03. The molecule has 2 aromatic rings. The summed E-state index contributed by atoms with van der Waals surface area (Å²) in [5.41, 5.74) is 6.63. The molecule has 0 atom stereocenters. The minimum atomic E-state index is 0.540. The van der Waals surface area contributed by atoms with Gasteiger partial charge >= 0.3 is 0 Å². The number of nitrogen functional groups attached to an aromatic ring is 1. The molecule has 2 N–H and O–H groups in total. The molecule has 0 fully saturated rings. The van der Waals surface area contributed by atoms with Gasteiger partial charge in [0.15, 0.2) is 0 Å². The van der Waals surface area contributed by atoms with Crippen LogP contribution in [0.1, 0.15) is 13.3 Å². The molecule has 0 saturated carbocycles. The molecule has 15 heavy (non-hydrogen) atoms. The van der Waals surface area contributed by atoms with E-state index in [1.807, 2.05) is 12.3 Å². The van der Waals surface area contributed by atoms with Crippen LogP contribution in [0.25, 0.3) is 11.0 Å². The van der Waals surface area contributed by atoms with E-state index in [-0.39, 0.29) is 0 Å². The summed E-state index contributed by atoms with van der Waals surface area (Å²) < 4.78 is 2.06. The molecule has 4 heteroatoms. The molecule has 2 aromatic heterocycles. The maximum Gasteiger partial charge on any atom is 0.145 e. The lowest BCUT2D eigenvalue weighted by Gasteiger charge is -2.00. The smallest absolute Gasteiger partial charge is 0.145 e. The summed E-state index contributed by atoms with van der Waals surface area (Å²) in [6.45, 7) is 2.94. The Balaban J connectivity index is 2.37. The van der Waals surface area contributed by atoms with Crippen LogP contribution in [-0.2, 0) is 6.54 Å². The molecule has 0 aliphatic rings. The van der Waals surface area contributed by atoms with Gasteiger partial charge in [0.1, 0.15) is 17.8 Å². The summed E-state index contributed by atoms with van der Waals surface area (Å²) in [4.78, 5) is 8.17. The maximum absolute atomic E-state index is 5.74. The lowest BCUT2D eigenvalue weighted by Crippen LogP contribution is -1.97. The third kappa shape index (κ3) is 1.83. The molecule has 0 saturated heterocycles. The number of allylic oxidation sites excluding steroid dienone is 2. The second-order valence-electron chi connectivity index (χ2n) is 3.34. The van der Waals surface area contributed by atoms with Crippen LogP contribution in [-0.4, -0.2) is 14.5 Å². The number of hydrogen-bond acceptors (Lipinski definition) is 3. The van der Waals surface area contributed by atoms with Crippen molar-refractivity contribution in [3.05, 3.63) is 30.7 Å². The molecule has 2 heterocycles. The highest BCUT2D eigenvalue weighted by Gasteiger charge is 2.03. The van der Waals surface area contributed by atoms with Crippen LogP contribution >= 0.6 is 0 Å². The van der Waals surface area contributed by atoms with Crippen LogP contribution in [0.3, 0.4) is 0 Å². The van der Waals surface area contributed by atoms with Crippen LogP contribution in [0.2, 0.25) is 0 Å². The highest BCUT2D eigenvalue weighted by molar-refractivity contribution is 5.85. The van der Waals surface area contributed by atoms with Gasteiger partial charge in [-0.15, -0.1) is 0 Å².